The fraction of sp³-hybridized carbons (Fsp3) is 0.514. The number of aromatic nitrogens is 1. The first-order valence-electron chi connectivity index (χ1n) is 16.9. The first kappa shape index (κ1) is 42.1. The molecule has 288 valence electrons. The molecule has 1 aromatic heterocycles. The summed E-state index contributed by atoms with van der Waals surface area (Å²) in [7, 11) is 0. The number of terminal acetylenes is 1. The number of pyridine rings is 1. The second-order valence-electron chi connectivity index (χ2n) is 12.5. The maximum Gasteiger partial charge on any atom is 0.317 e. The van der Waals surface area contributed by atoms with Crippen molar-refractivity contribution in [1.29, 1.82) is 0 Å². The molecule has 18 nitrogen and oxygen atoms in total. The summed E-state index contributed by atoms with van der Waals surface area (Å²) in [4.78, 5) is 89.1. The topological polar surface area (TPSA) is 218 Å². The molecule has 0 aliphatic heterocycles. The van der Waals surface area contributed by atoms with Crippen molar-refractivity contribution in [3.63, 3.8) is 0 Å². The van der Waals surface area contributed by atoms with Crippen LogP contribution < -0.4 is 10.9 Å². The number of carboxylic acids is 2. The molecule has 0 saturated heterocycles. The van der Waals surface area contributed by atoms with E-state index >= 15 is 0 Å². The van der Waals surface area contributed by atoms with Crippen molar-refractivity contribution in [2.45, 2.75) is 51.2 Å². The number of aryl methyl sites for hydroxylation is 1. The van der Waals surface area contributed by atoms with E-state index in [1.165, 1.54) is 15.5 Å². The van der Waals surface area contributed by atoms with Crippen LogP contribution in [0.1, 0.15) is 31.2 Å². The van der Waals surface area contributed by atoms with E-state index in [0.717, 1.165) is 23.8 Å². The summed E-state index contributed by atoms with van der Waals surface area (Å²) in [6, 6.07) is 6.01. The van der Waals surface area contributed by atoms with E-state index in [1.54, 1.807) is 30.0 Å². The minimum absolute atomic E-state index is 0.00734. The van der Waals surface area contributed by atoms with Crippen LogP contribution in [0.4, 0.5) is 5.69 Å². The highest BCUT2D eigenvalue weighted by atomic mass is 16.6. The van der Waals surface area contributed by atoms with E-state index in [9.17, 15) is 43.8 Å². The Kier molecular flexibility index (Phi) is 17.4. The molecule has 2 aromatic rings. The molecule has 3 rings (SSSR count). The smallest absolute Gasteiger partial charge is 0.317 e. The standard InChI is InChI=1S/C35H46N6O12/c1-3-10-41-31-16-27(8-9-28(31)26(2)15-33(41)46)36-32(45)17-39(13-11-37(18-34(47)48)19-35(49)50)29-6-4-5-7-30(29)40(22-53-25-44)14-12-38(20-51-23-42)21-52-24-43/h1,8-9,15-16,23-25,29-30H,4-7,10-14,17-22H2,2H3,(H,36,45)(H,47,48)(H,49,50)/t29-,30-/m1/s1. The lowest BCUT2D eigenvalue weighted by Crippen LogP contribution is -2.57. The van der Waals surface area contributed by atoms with E-state index in [2.05, 4.69) is 11.2 Å². The van der Waals surface area contributed by atoms with E-state index in [1.807, 2.05) is 9.80 Å². The van der Waals surface area contributed by atoms with Crippen molar-refractivity contribution in [2.75, 3.05) is 71.3 Å². The van der Waals surface area contributed by atoms with Gasteiger partial charge in [0.25, 0.3) is 25.0 Å². The predicted molar refractivity (Wildman–Crippen MR) is 189 cm³/mol. The normalized spacial score (nSPS) is 15.6. The van der Waals surface area contributed by atoms with Crippen molar-refractivity contribution < 1.29 is 53.2 Å². The summed E-state index contributed by atoms with van der Waals surface area (Å²) in [6.45, 7) is 1.57. The van der Waals surface area contributed by atoms with Crippen LogP contribution in [0.15, 0.2) is 29.1 Å². The van der Waals surface area contributed by atoms with Gasteiger partial charge in [0, 0.05) is 55.4 Å². The Hall–Kier alpha value is -5.35. The second-order valence-corrected chi connectivity index (χ2v) is 12.5. The molecule has 1 fully saturated rings. The number of hydrogen-bond acceptors (Lipinski definition) is 14. The van der Waals surface area contributed by atoms with Crippen molar-refractivity contribution in [3.8, 4) is 12.3 Å². The van der Waals surface area contributed by atoms with Gasteiger partial charge < -0.3 is 29.7 Å². The van der Waals surface area contributed by atoms with Crippen LogP contribution in [-0.2, 0) is 49.5 Å². The van der Waals surface area contributed by atoms with E-state index in [0.29, 0.717) is 30.5 Å². The van der Waals surface area contributed by atoms with Gasteiger partial charge in [0.1, 0.15) is 20.2 Å². The summed E-state index contributed by atoms with van der Waals surface area (Å²) in [5, 5.41) is 22.6. The molecule has 1 aromatic carbocycles. The molecule has 1 aliphatic carbocycles. The van der Waals surface area contributed by atoms with Crippen molar-refractivity contribution in [1.82, 2.24) is 24.2 Å². The minimum atomic E-state index is -1.21. The quantitative estimate of drug-likeness (QED) is 0.0526. The van der Waals surface area contributed by atoms with Gasteiger partial charge in [-0.2, -0.15) is 0 Å². The van der Waals surface area contributed by atoms with Gasteiger partial charge in [0.15, 0.2) is 0 Å². The molecule has 2 atom stereocenters. The van der Waals surface area contributed by atoms with Crippen molar-refractivity contribution in [2.24, 2.45) is 0 Å². The molecule has 0 spiro atoms. The number of ether oxygens (including phenoxy) is 3. The van der Waals surface area contributed by atoms with E-state index in [4.69, 9.17) is 20.6 Å². The van der Waals surface area contributed by atoms with Crippen LogP contribution in [0.3, 0.4) is 0 Å². The number of nitrogens with one attached hydrogen (secondary N) is 1. The van der Waals surface area contributed by atoms with Gasteiger partial charge in [-0.15, -0.1) is 6.42 Å². The number of carbonyl (C=O) groups excluding carboxylic acids is 4. The third-order valence-corrected chi connectivity index (χ3v) is 8.91. The van der Waals surface area contributed by atoms with Gasteiger partial charge in [-0.1, -0.05) is 24.8 Å². The highest BCUT2D eigenvalue weighted by molar-refractivity contribution is 5.95. The number of carbonyl (C=O) groups is 6. The van der Waals surface area contributed by atoms with Crippen LogP contribution in [-0.4, -0.2) is 150 Å². The lowest BCUT2D eigenvalue weighted by Gasteiger charge is -2.45. The SMILES string of the molecule is C#CCn1c(=O)cc(C)c2ccc(NC(=O)CN(CCN(CC(=O)O)CC(=O)O)[C@@H]3CCCC[C@H]3N(CCN(COC=O)COC=O)COC=O)cc21. The number of anilines is 1. The Balaban J connectivity index is 1.94. The lowest BCUT2D eigenvalue weighted by atomic mass is 9.88. The molecule has 1 saturated carbocycles. The first-order chi connectivity index (χ1) is 25.5. The van der Waals surface area contributed by atoms with Crippen LogP contribution >= 0.6 is 0 Å². The Morgan fingerprint density at radius 1 is 0.849 bits per heavy atom. The molecule has 18 heteroatoms. The van der Waals surface area contributed by atoms with Gasteiger partial charge in [-0.25, -0.2) is 4.90 Å². The summed E-state index contributed by atoms with van der Waals surface area (Å²) in [6.07, 6.45) is 8.35. The number of fused-ring (bicyclic) bond motifs is 1. The largest absolute Gasteiger partial charge is 0.480 e. The maximum atomic E-state index is 13.8. The highest BCUT2D eigenvalue weighted by Crippen LogP contribution is 2.28. The molecule has 53 heavy (non-hydrogen) atoms. The Morgan fingerprint density at radius 2 is 1.42 bits per heavy atom. The zero-order valence-electron chi connectivity index (χ0n) is 29.6. The van der Waals surface area contributed by atoms with E-state index < -0.39 is 30.9 Å². The second kappa shape index (κ2) is 21.9. The van der Waals surface area contributed by atoms with E-state index in [-0.39, 0.29) is 90.0 Å². The molecular weight excluding hydrogens is 696 g/mol. The zero-order chi connectivity index (χ0) is 38.8. The number of amides is 1. The lowest BCUT2D eigenvalue weighted by molar-refractivity contribution is -0.144. The van der Waals surface area contributed by atoms with Gasteiger partial charge >= 0.3 is 11.9 Å². The number of carboxylic acid groups (broad SMARTS) is 2. The first-order valence-corrected chi connectivity index (χ1v) is 16.9. The summed E-state index contributed by atoms with van der Waals surface area (Å²) in [5.74, 6) is -0.358. The molecule has 1 aliphatic rings. The molecular formula is C35H46N6O12. The fourth-order valence-electron chi connectivity index (χ4n) is 6.60. The Morgan fingerprint density at radius 3 is 2.00 bits per heavy atom. The minimum Gasteiger partial charge on any atom is -0.480 e. The highest BCUT2D eigenvalue weighted by Gasteiger charge is 2.36. The molecule has 0 radical (unpaired) electrons. The molecule has 0 unspecified atom stereocenters. The Bertz CT molecular complexity index is 1650. The number of nitrogens with zero attached hydrogens (tertiary/aromatic N) is 5. The predicted octanol–water partition coefficient (Wildman–Crippen LogP) is -0.0385. The van der Waals surface area contributed by atoms with Crippen LogP contribution in [0.25, 0.3) is 10.9 Å². The molecule has 0 bridgehead atoms. The van der Waals surface area contributed by atoms with Crippen LogP contribution in [0, 0.1) is 19.3 Å². The van der Waals surface area contributed by atoms with Crippen LogP contribution in [0.2, 0.25) is 0 Å². The number of aliphatic carboxylic acids is 2. The molecule has 1 heterocycles. The average molecular weight is 743 g/mol. The summed E-state index contributed by atoms with van der Waals surface area (Å²) < 4.78 is 16.3. The molecule has 1 amide bonds. The average Bonchev–Trinajstić information content (AvgIpc) is 3.12. The van der Waals surface area contributed by atoms with Gasteiger partial charge in [-0.05, 0) is 37.5 Å². The third kappa shape index (κ3) is 13.3. The number of rotatable bonds is 25. The van der Waals surface area contributed by atoms with Crippen LogP contribution in [0.5, 0.6) is 0 Å². The van der Waals surface area contributed by atoms with Crippen molar-refractivity contribution >= 4 is 53.9 Å². The van der Waals surface area contributed by atoms with Gasteiger partial charge in [0.05, 0.1) is 31.7 Å². The van der Waals surface area contributed by atoms with Crippen molar-refractivity contribution in [3.05, 3.63) is 40.2 Å². The maximum absolute atomic E-state index is 13.8. The third-order valence-electron chi connectivity index (χ3n) is 8.91. The Labute approximate surface area is 306 Å². The van der Waals surface area contributed by atoms with Gasteiger partial charge in [0.2, 0.25) is 5.91 Å². The van der Waals surface area contributed by atoms with Gasteiger partial charge in [-0.3, -0.25) is 52.8 Å². The summed E-state index contributed by atoms with van der Waals surface area (Å²) >= 11 is 0. The zero-order valence-corrected chi connectivity index (χ0v) is 29.6. The fourth-order valence-corrected chi connectivity index (χ4v) is 6.60. The summed E-state index contributed by atoms with van der Waals surface area (Å²) in [5.41, 5.74) is 1.42. The monoisotopic (exact) mass is 742 g/mol. The number of hydrogen-bond donors (Lipinski definition) is 3. The number of benzene rings is 1. The molecule has 3 N–H and O–H groups in total.